The third-order valence-corrected chi connectivity index (χ3v) is 1.19. The highest BCUT2D eigenvalue weighted by molar-refractivity contribution is 5.87. The van der Waals surface area contributed by atoms with Crippen LogP contribution in [0.2, 0.25) is 0 Å². The van der Waals surface area contributed by atoms with Crippen LogP contribution in [0, 0.1) is 0 Å². The van der Waals surface area contributed by atoms with Crippen LogP contribution < -0.4 is 11.1 Å². The molecule has 4 nitrogen and oxygen atoms in total. The first kappa shape index (κ1) is 8.94. The minimum Gasteiger partial charge on any atom is -0.352 e. The second-order valence-electron chi connectivity index (χ2n) is 2.05. The molecule has 0 aromatic heterocycles. The number of Topliss-reactive ketones (excluding diaryl/α,β-unsaturated/α-hetero) is 1. The van der Waals surface area contributed by atoms with Gasteiger partial charge >= 0.3 is 6.03 Å². The Morgan fingerprint density at radius 1 is 1.60 bits per heavy atom. The molecule has 0 aliphatic rings. The fourth-order valence-corrected chi connectivity index (χ4v) is 0.600. The second kappa shape index (κ2) is 3.87. The molecule has 0 bridgehead atoms. The maximum atomic E-state index is 10.8. The summed E-state index contributed by atoms with van der Waals surface area (Å²) in [5, 5.41) is 2.28. The molecular formula is C6H12N2O2. The number of nitrogens with one attached hydrogen (secondary N) is 1. The van der Waals surface area contributed by atoms with E-state index in [1.807, 2.05) is 0 Å². The molecule has 0 fully saturated rings. The van der Waals surface area contributed by atoms with Crippen molar-refractivity contribution in [1.29, 1.82) is 0 Å². The quantitative estimate of drug-likeness (QED) is 0.586. The SMILES string of the molecule is CCC(=O)[C@H](C)NC(N)=O. The number of hydrogen-bond donors (Lipinski definition) is 2. The monoisotopic (exact) mass is 144 g/mol. The summed E-state index contributed by atoms with van der Waals surface area (Å²) in [7, 11) is 0. The number of amides is 2. The molecule has 0 aliphatic heterocycles. The number of nitrogens with two attached hydrogens (primary N) is 1. The standard InChI is InChI=1S/C6H12N2O2/c1-3-5(9)4(2)8-6(7)10/h4H,3H2,1-2H3,(H3,7,8,10)/t4-/m0/s1. The van der Waals surface area contributed by atoms with Crippen molar-refractivity contribution in [3.8, 4) is 0 Å². The molecule has 0 aromatic rings. The highest BCUT2D eigenvalue weighted by atomic mass is 16.2. The molecule has 0 rings (SSSR count). The predicted molar refractivity (Wildman–Crippen MR) is 37.5 cm³/mol. The van der Waals surface area contributed by atoms with E-state index in [4.69, 9.17) is 5.73 Å². The van der Waals surface area contributed by atoms with Gasteiger partial charge in [0.1, 0.15) is 0 Å². The van der Waals surface area contributed by atoms with Gasteiger partial charge < -0.3 is 11.1 Å². The third-order valence-electron chi connectivity index (χ3n) is 1.19. The topological polar surface area (TPSA) is 72.2 Å². The molecule has 2 amide bonds. The lowest BCUT2D eigenvalue weighted by Crippen LogP contribution is -2.41. The highest BCUT2D eigenvalue weighted by Crippen LogP contribution is 1.88. The summed E-state index contributed by atoms with van der Waals surface area (Å²) in [6, 6.07) is -1.11. The minimum atomic E-state index is -0.658. The molecule has 0 aliphatic carbocycles. The van der Waals surface area contributed by atoms with E-state index in [0.717, 1.165) is 0 Å². The van der Waals surface area contributed by atoms with Gasteiger partial charge in [0.05, 0.1) is 6.04 Å². The van der Waals surface area contributed by atoms with Crippen LogP contribution in [0.25, 0.3) is 0 Å². The zero-order valence-electron chi connectivity index (χ0n) is 6.18. The van der Waals surface area contributed by atoms with Crippen LogP contribution in [-0.4, -0.2) is 17.9 Å². The maximum absolute atomic E-state index is 10.8. The molecule has 1 atom stereocenters. The van der Waals surface area contributed by atoms with Gasteiger partial charge in [0.15, 0.2) is 5.78 Å². The van der Waals surface area contributed by atoms with Gasteiger partial charge in [-0.3, -0.25) is 4.79 Å². The van der Waals surface area contributed by atoms with Gasteiger partial charge in [0, 0.05) is 6.42 Å². The van der Waals surface area contributed by atoms with Crippen LogP contribution in [-0.2, 0) is 4.79 Å². The summed E-state index contributed by atoms with van der Waals surface area (Å²) in [5.74, 6) is -0.0150. The lowest BCUT2D eigenvalue weighted by molar-refractivity contribution is -0.120. The van der Waals surface area contributed by atoms with Crippen molar-refractivity contribution in [2.75, 3.05) is 0 Å². The fraction of sp³-hybridized carbons (Fsp3) is 0.667. The molecule has 0 unspecified atom stereocenters. The molecule has 0 spiro atoms. The Kier molecular flexibility index (Phi) is 3.46. The molecule has 0 heterocycles. The molecule has 0 radical (unpaired) electrons. The number of ketones is 1. The normalized spacial score (nSPS) is 12.2. The molecule has 0 saturated carbocycles. The third kappa shape index (κ3) is 3.06. The number of urea groups is 1. The van der Waals surface area contributed by atoms with Crippen LogP contribution in [0.3, 0.4) is 0 Å². The van der Waals surface area contributed by atoms with Crippen molar-refractivity contribution in [3.05, 3.63) is 0 Å². The lowest BCUT2D eigenvalue weighted by Gasteiger charge is -2.07. The summed E-state index contributed by atoms with van der Waals surface area (Å²) in [6.07, 6.45) is 0.418. The summed E-state index contributed by atoms with van der Waals surface area (Å²) in [4.78, 5) is 21.0. The van der Waals surface area contributed by atoms with Crippen LogP contribution in [0.1, 0.15) is 20.3 Å². The Morgan fingerprint density at radius 2 is 2.10 bits per heavy atom. The zero-order valence-corrected chi connectivity index (χ0v) is 6.18. The Hall–Kier alpha value is -1.06. The smallest absolute Gasteiger partial charge is 0.312 e. The number of hydrogen-bond acceptors (Lipinski definition) is 2. The maximum Gasteiger partial charge on any atom is 0.312 e. The van der Waals surface area contributed by atoms with E-state index in [0.29, 0.717) is 6.42 Å². The molecular weight excluding hydrogens is 132 g/mol. The Bertz CT molecular complexity index is 145. The average Bonchev–Trinajstić information content (AvgIpc) is 1.85. The van der Waals surface area contributed by atoms with E-state index in [9.17, 15) is 9.59 Å². The molecule has 0 aromatic carbocycles. The number of carbonyl (C=O) groups excluding carboxylic acids is 2. The summed E-state index contributed by atoms with van der Waals surface area (Å²) >= 11 is 0. The number of rotatable bonds is 3. The number of carbonyl (C=O) groups is 2. The molecule has 4 heteroatoms. The van der Waals surface area contributed by atoms with Crippen molar-refractivity contribution >= 4 is 11.8 Å². The largest absolute Gasteiger partial charge is 0.352 e. The van der Waals surface area contributed by atoms with E-state index in [1.165, 1.54) is 0 Å². The summed E-state index contributed by atoms with van der Waals surface area (Å²) in [6.45, 7) is 3.35. The van der Waals surface area contributed by atoms with Crippen molar-refractivity contribution in [1.82, 2.24) is 5.32 Å². The van der Waals surface area contributed by atoms with Crippen LogP contribution in [0.15, 0.2) is 0 Å². The molecule has 0 saturated heterocycles. The first-order chi connectivity index (χ1) is 4.57. The van der Waals surface area contributed by atoms with Crippen molar-refractivity contribution < 1.29 is 9.59 Å². The summed E-state index contributed by atoms with van der Waals surface area (Å²) < 4.78 is 0. The van der Waals surface area contributed by atoms with Crippen molar-refractivity contribution in [2.24, 2.45) is 5.73 Å². The zero-order chi connectivity index (χ0) is 8.15. The van der Waals surface area contributed by atoms with Crippen molar-refractivity contribution in [2.45, 2.75) is 26.3 Å². The lowest BCUT2D eigenvalue weighted by atomic mass is 10.2. The first-order valence-electron chi connectivity index (χ1n) is 3.16. The van der Waals surface area contributed by atoms with E-state index >= 15 is 0 Å². The molecule has 10 heavy (non-hydrogen) atoms. The molecule has 58 valence electrons. The van der Waals surface area contributed by atoms with Gasteiger partial charge in [-0.15, -0.1) is 0 Å². The number of primary amides is 1. The van der Waals surface area contributed by atoms with Gasteiger partial charge in [-0.2, -0.15) is 0 Å². The van der Waals surface area contributed by atoms with Gasteiger partial charge in [-0.1, -0.05) is 6.92 Å². The Labute approximate surface area is 59.8 Å². The van der Waals surface area contributed by atoms with Gasteiger partial charge in [-0.05, 0) is 6.92 Å². The predicted octanol–water partition coefficient (Wildman–Crippen LogP) is 0.0223. The fourth-order valence-electron chi connectivity index (χ4n) is 0.600. The minimum absolute atomic E-state index is 0.0150. The van der Waals surface area contributed by atoms with Crippen LogP contribution >= 0.6 is 0 Å². The van der Waals surface area contributed by atoms with Crippen LogP contribution in [0.4, 0.5) is 4.79 Å². The van der Waals surface area contributed by atoms with E-state index < -0.39 is 12.1 Å². The first-order valence-corrected chi connectivity index (χ1v) is 3.16. The Balaban J connectivity index is 3.72. The summed E-state index contributed by atoms with van der Waals surface area (Å²) in [5.41, 5.74) is 4.78. The van der Waals surface area contributed by atoms with Gasteiger partial charge in [-0.25, -0.2) is 4.79 Å². The van der Waals surface area contributed by atoms with Gasteiger partial charge in [0.2, 0.25) is 0 Å². The highest BCUT2D eigenvalue weighted by Gasteiger charge is 2.10. The van der Waals surface area contributed by atoms with E-state index in [-0.39, 0.29) is 5.78 Å². The van der Waals surface area contributed by atoms with E-state index in [2.05, 4.69) is 5.32 Å². The molecule has 3 N–H and O–H groups in total. The Morgan fingerprint density at radius 3 is 2.40 bits per heavy atom. The van der Waals surface area contributed by atoms with Gasteiger partial charge in [0.25, 0.3) is 0 Å². The van der Waals surface area contributed by atoms with Crippen molar-refractivity contribution in [3.63, 3.8) is 0 Å². The second-order valence-corrected chi connectivity index (χ2v) is 2.05. The van der Waals surface area contributed by atoms with E-state index in [1.54, 1.807) is 13.8 Å². The average molecular weight is 144 g/mol. The van der Waals surface area contributed by atoms with Crippen LogP contribution in [0.5, 0.6) is 0 Å².